The molecule has 1 saturated carbocycles. The quantitative estimate of drug-likeness (QED) is 0.833. The highest BCUT2D eigenvalue weighted by molar-refractivity contribution is 5.23. The van der Waals surface area contributed by atoms with E-state index in [1.54, 1.807) is 0 Å². The predicted molar refractivity (Wildman–Crippen MR) is 84.9 cm³/mol. The molecule has 0 aromatic heterocycles. The molecule has 112 valence electrons. The minimum Gasteiger partial charge on any atom is -0.393 e. The molecular formula is C18H29NO. The van der Waals surface area contributed by atoms with Crippen molar-refractivity contribution in [1.82, 2.24) is 5.32 Å². The monoisotopic (exact) mass is 275 g/mol. The molecule has 1 aromatic carbocycles. The second-order valence-corrected chi connectivity index (χ2v) is 7.10. The summed E-state index contributed by atoms with van der Waals surface area (Å²) in [7, 11) is 0. The van der Waals surface area contributed by atoms with E-state index >= 15 is 0 Å². The van der Waals surface area contributed by atoms with E-state index in [0.717, 1.165) is 25.8 Å². The number of hydrogen-bond donors (Lipinski definition) is 2. The van der Waals surface area contributed by atoms with E-state index in [9.17, 15) is 5.11 Å². The second kappa shape index (κ2) is 6.73. The lowest BCUT2D eigenvalue weighted by Gasteiger charge is -2.30. The van der Waals surface area contributed by atoms with E-state index in [-0.39, 0.29) is 11.5 Å². The Labute approximate surface area is 123 Å². The zero-order valence-electron chi connectivity index (χ0n) is 13.1. The fraction of sp³-hybridized carbons (Fsp3) is 0.667. The van der Waals surface area contributed by atoms with Crippen LogP contribution in [0.3, 0.4) is 0 Å². The third kappa shape index (κ3) is 4.32. The maximum Gasteiger partial charge on any atom is 0.0543 e. The van der Waals surface area contributed by atoms with Crippen LogP contribution >= 0.6 is 0 Å². The molecule has 2 N–H and O–H groups in total. The number of aliphatic hydroxyl groups is 1. The van der Waals surface area contributed by atoms with Crippen molar-refractivity contribution in [3.63, 3.8) is 0 Å². The average Bonchev–Trinajstić information content (AvgIpc) is 2.83. The van der Waals surface area contributed by atoms with Crippen LogP contribution < -0.4 is 5.32 Å². The van der Waals surface area contributed by atoms with Crippen molar-refractivity contribution in [2.75, 3.05) is 6.54 Å². The van der Waals surface area contributed by atoms with Crippen LogP contribution in [-0.2, 0) is 5.41 Å². The van der Waals surface area contributed by atoms with Gasteiger partial charge in [-0.3, -0.25) is 0 Å². The van der Waals surface area contributed by atoms with Gasteiger partial charge in [0.25, 0.3) is 0 Å². The zero-order chi connectivity index (χ0) is 14.6. The predicted octanol–water partition coefficient (Wildman–Crippen LogP) is 3.49. The third-order valence-corrected chi connectivity index (χ3v) is 4.64. The van der Waals surface area contributed by atoms with Crippen LogP contribution in [0.4, 0.5) is 0 Å². The summed E-state index contributed by atoms with van der Waals surface area (Å²) in [6.45, 7) is 7.96. The maximum absolute atomic E-state index is 9.57. The van der Waals surface area contributed by atoms with Gasteiger partial charge in [-0.1, -0.05) is 44.2 Å². The molecule has 0 radical (unpaired) electrons. The van der Waals surface area contributed by atoms with E-state index in [4.69, 9.17) is 0 Å². The van der Waals surface area contributed by atoms with Gasteiger partial charge in [0.1, 0.15) is 0 Å². The average molecular weight is 275 g/mol. The minimum absolute atomic E-state index is 0.0575. The van der Waals surface area contributed by atoms with Gasteiger partial charge in [0.2, 0.25) is 0 Å². The Morgan fingerprint density at radius 1 is 1.25 bits per heavy atom. The summed E-state index contributed by atoms with van der Waals surface area (Å²) in [5.41, 5.74) is 1.60. The van der Waals surface area contributed by atoms with Crippen molar-refractivity contribution < 1.29 is 5.11 Å². The fourth-order valence-corrected chi connectivity index (χ4v) is 3.45. The van der Waals surface area contributed by atoms with Crippen LogP contribution in [0.1, 0.15) is 52.0 Å². The van der Waals surface area contributed by atoms with E-state index < -0.39 is 0 Å². The lowest BCUT2D eigenvalue weighted by molar-refractivity contribution is 0.177. The Balaban J connectivity index is 1.80. The summed E-state index contributed by atoms with van der Waals surface area (Å²) in [4.78, 5) is 0. The lowest BCUT2D eigenvalue weighted by atomic mass is 9.79. The van der Waals surface area contributed by atoms with E-state index in [2.05, 4.69) is 56.4 Å². The number of aliphatic hydroxyl groups excluding tert-OH is 1. The van der Waals surface area contributed by atoms with Crippen molar-refractivity contribution in [3.8, 4) is 0 Å². The Kier molecular flexibility index (Phi) is 5.22. The van der Waals surface area contributed by atoms with E-state index in [0.29, 0.717) is 12.0 Å². The summed E-state index contributed by atoms with van der Waals surface area (Å²) in [5.74, 6) is 0.660. The molecule has 2 rings (SSSR count). The van der Waals surface area contributed by atoms with Crippen LogP contribution in [0.5, 0.6) is 0 Å². The molecule has 0 spiro atoms. The van der Waals surface area contributed by atoms with Crippen LogP contribution in [0.2, 0.25) is 0 Å². The van der Waals surface area contributed by atoms with Gasteiger partial charge in [-0.15, -0.1) is 0 Å². The van der Waals surface area contributed by atoms with Gasteiger partial charge in [-0.2, -0.15) is 0 Å². The summed E-state index contributed by atoms with van der Waals surface area (Å²) < 4.78 is 0. The molecule has 0 heterocycles. The standard InChI is InChI=1S/C18H29NO/c1-14(19-13-15-9-10-17(20)11-15)12-18(2,3)16-7-5-4-6-8-16/h4-8,14-15,17,19-20H,9-13H2,1-3H3. The smallest absolute Gasteiger partial charge is 0.0543 e. The van der Waals surface area contributed by atoms with Crippen molar-refractivity contribution in [1.29, 1.82) is 0 Å². The number of nitrogens with one attached hydrogen (secondary N) is 1. The van der Waals surface area contributed by atoms with Crippen molar-refractivity contribution >= 4 is 0 Å². The van der Waals surface area contributed by atoms with Crippen LogP contribution in [0, 0.1) is 5.92 Å². The highest BCUT2D eigenvalue weighted by atomic mass is 16.3. The SMILES string of the molecule is CC(CC(C)(C)c1ccccc1)NCC1CCC(O)C1. The van der Waals surface area contributed by atoms with Gasteiger partial charge in [0.05, 0.1) is 6.10 Å². The van der Waals surface area contributed by atoms with Gasteiger partial charge in [-0.05, 0) is 56.0 Å². The number of hydrogen-bond acceptors (Lipinski definition) is 2. The normalized spacial score (nSPS) is 24.8. The molecule has 0 amide bonds. The van der Waals surface area contributed by atoms with Gasteiger partial charge < -0.3 is 10.4 Å². The number of rotatable bonds is 6. The molecule has 0 aliphatic heterocycles. The molecule has 3 atom stereocenters. The topological polar surface area (TPSA) is 32.3 Å². The van der Waals surface area contributed by atoms with Gasteiger partial charge in [0, 0.05) is 6.04 Å². The summed E-state index contributed by atoms with van der Waals surface area (Å²) in [5, 5.41) is 13.2. The summed E-state index contributed by atoms with van der Waals surface area (Å²) in [6, 6.07) is 11.3. The fourth-order valence-electron chi connectivity index (χ4n) is 3.45. The Morgan fingerprint density at radius 3 is 2.55 bits per heavy atom. The molecule has 0 bridgehead atoms. The first-order valence-corrected chi connectivity index (χ1v) is 7.94. The minimum atomic E-state index is -0.0575. The van der Waals surface area contributed by atoms with Crippen molar-refractivity contribution in [3.05, 3.63) is 35.9 Å². The van der Waals surface area contributed by atoms with Gasteiger partial charge in [-0.25, -0.2) is 0 Å². The van der Waals surface area contributed by atoms with Crippen molar-refractivity contribution in [2.45, 2.75) is 64.0 Å². The molecule has 3 unspecified atom stereocenters. The Hall–Kier alpha value is -0.860. The molecule has 0 saturated heterocycles. The maximum atomic E-state index is 9.57. The third-order valence-electron chi connectivity index (χ3n) is 4.64. The van der Waals surface area contributed by atoms with Crippen LogP contribution in [0.15, 0.2) is 30.3 Å². The highest BCUT2D eigenvalue weighted by Crippen LogP contribution is 2.29. The molecular weight excluding hydrogens is 246 g/mol. The molecule has 2 nitrogen and oxygen atoms in total. The summed E-state index contributed by atoms with van der Waals surface area (Å²) in [6.07, 6.45) is 4.20. The largest absolute Gasteiger partial charge is 0.393 e. The summed E-state index contributed by atoms with van der Waals surface area (Å²) >= 11 is 0. The van der Waals surface area contributed by atoms with Gasteiger partial charge in [0.15, 0.2) is 0 Å². The Morgan fingerprint density at radius 2 is 1.95 bits per heavy atom. The first kappa shape index (κ1) is 15.5. The number of benzene rings is 1. The molecule has 1 aliphatic carbocycles. The first-order valence-electron chi connectivity index (χ1n) is 7.94. The highest BCUT2D eigenvalue weighted by Gasteiger charge is 2.25. The molecule has 2 heteroatoms. The molecule has 1 fully saturated rings. The first-order chi connectivity index (χ1) is 9.47. The van der Waals surface area contributed by atoms with E-state index in [1.807, 2.05) is 0 Å². The second-order valence-electron chi connectivity index (χ2n) is 7.10. The molecule has 1 aromatic rings. The van der Waals surface area contributed by atoms with Gasteiger partial charge >= 0.3 is 0 Å². The molecule has 20 heavy (non-hydrogen) atoms. The van der Waals surface area contributed by atoms with Crippen LogP contribution in [0.25, 0.3) is 0 Å². The van der Waals surface area contributed by atoms with Crippen LogP contribution in [-0.4, -0.2) is 23.8 Å². The van der Waals surface area contributed by atoms with Crippen molar-refractivity contribution in [2.24, 2.45) is 5.92 Å². The Bertz CT molecular complexity index is 401. The lowest BCUT2D eigenvalue weighted by Crippen LogP contribution is -2.35. The van der Waals surface area contributed by atoms with E-state index in [1.165, 1.54) is 12.0 Å². The molecule has 1 aliphatic rings. The zero-order valence-corrected chi connectivity index (χ0v) is 13.1.